The Kier molecular flexibility index (Phi) is 4.64. The van der Waals surface area contributed by atoms with E-state index in [1.807, 2.05) is 0 Å². The Morgan fingerprint density at radius 2 is 2.00 bits per heavy atom. The monoisotopic (exact) mass is 352 g/mol. The first-order chi connectivity index (χ1) is 9.99. The van der Waals surface area contributed by atoms with Crippen molar-refractivity contribution in [2.24, 2.45) is 0 Å². The Bertz CT molecular complexity index is 706. The molecule has 0 atom stereocenters. The number of hydrogen-bond donors (Lipinski definition) is 1. The van der Waals surface area contributed by atoms with Gasteiger partial charge in [0.25, 0.3) is 11.6 Å². The van der Waals surface area contributed by atoms with Crippen LogP contribution in [-0.2, 0) is 6.54 Å². The van der Waals surface area contributed by atoms with Gasteiger partial charge in [0.15, 0.2) is 0 Å². The molecule has 108 valence electrons. The maximum absolute atomic E-state index is 13.0. The van der Waals surface area contributed by atoms with Crippen LogP contribution in [0.1, 0.15) is 15.9 Å². The molecule has 0 aliphatic heterocycles. The zero-order chi connectivity index (χ0) is 15.4. The van der Waals surface area contributed by atoms with E-state index in [1.165, 1.54) is 30.3 Å². The zero-order valence-electron chi connectivity index (χ0n) is 10.7. The summed E-state index contributed by atoms with van der Waals surface area (Å²) in [6.45, 7) is 0.131. The van der Waals surface area contributed by atoms with E-state index in [-0.39, 0.29) is 22.3 Å². The normalized spacial score (nSPS) is 10.2. The summed E-state index contributed by atoms with van der Waals surface area (Å²) in [6, 6.07) is 10.0. The number of carbonyl (C=O) groups is 1. The van der Waals surface area contributed by atoms with E-state index >= 15 is 0 Å². The van der Waals surface area contributed by atoms with E-state index in [4.69, 9.17) is 0 Å². The summed E-state index contributed by atoms with van der Waals surface area (Å²) >= 11 is 3.06. The molecule has 0 saturated heterocycles. The van der Waals surface area contributed by atoms with Crippen molar-refractivity contribution < 1.29 is 14.1 Å². The van der Waals surface area contributed by atoms with E-state index in [0.717, 1.165) is 0 Å². The Morgan fingerprint density at radius 1 is 1.29 bits per heavy atom. The van der Waals surface area contributed by atoms with Crippen LogP contribution in [0.15, 0.2) is 46.9 Å². The molecule has 0 unspecified atom stereocenters. The van der Waals surface area contributed by atoms with Gasteiger partial charge in [-0.2, -0.15) is 0 Å². The molecule has 0 bridgehead atoms. The van der Waals surface area contributed by atoms with Crippen LogP contribution < -0.4 is 5.32 Å². The number of hydrogen-bond acceptors (Lipinski definition) is 3. The number of rotatable bonds is 4. The maximum Gasteiger partial charge on any atom is 0.284 e. The Hall–Kier alpha value is -2.28. The van der Waals surface area contributed by atoms with Crippen LogP contribution in [0.4, 0.5) is 10.1 Å². The van der Waals surface area contributed by atoms with Gasteiger partial charge in [0.05, 0.1) is 10.5 Å². The van der Waals surface area contributed by atoms with Gasteiger partial charge in [-0.05, 0) is 39.7 Å². The lowest BCUT2D eigenvalue weighted by Gasteiger charge is -2.07. The molecule has 0 aliphatic rings. The minimum Gasteiger partial charge on any atom is -0.348 e. The maximum atomic E-state index is 13.0. The first kappa shape index (κ1) is 15.1. The lowest BCUT2D eigenvalue weighted by molar-refractivity contribution is -0.385. The summed E-state index contributed by atoms with van der Waals surface area (Å²) in [5.41, 5.74) is 0.568. The molecule has 0 aliphatic carbocycles. The quantitative estimate of drug-likeness (QED) is 0.676. The molecule has 2 rings (SSSR count). The number of benzene rings is 2. The fourth-order valence-corrected chi connectivity index (χ4v) is 2.35. The first-order valence-electron chi connectivity index (χ1n) is 5.94. The van der Waals surface area contributed by atoms with Crippen molar-refractivity contribution in [2.75, 3.05) is 0 Å². The fourth-order valence-electron chi connectivity index (χ4n) is 1.76. The molecule has 0 fully saturated rings. The van der Waals surface area contributed by atoms with E-state index in [1.54, 1.807) is 12.1 Å². The SMILES string of the molecule is O=C(NCc1cccc(F)c1)c1cccc([N+](=O)[O-])c1Br. The van der Waals surface area contributed by atoms with Crippen LogP contribution in [0.3, 0.4) is 0 Å². The van der Waals surface area contributed by atoms with Gasteiger partial charge in [-0.25, -0.2) is 4.39 Å². The molecule has 1 N–H and O–H groups in total. The van der Waals surface area contributed by atoms with Crippen molar-refractivity contribution in [3.05, 3.63) is 74.0 Å². The highest BCUT2D eigenvalue weighted by atomic mass is 79.9. The molecule has 2 aromatic rings. The number of nitrogens with one attached hydrogen (secondary N) is 1. The van der Waals surface area contributed by atoms with Crippen molar-refractivity contribution in [1.29, 1.82) is 0 Å². The van der Waals surface area contributed by atoms with E-state index in [9.17, 15) is 19.3 Å². The van der Waals surface area contributed by atoms with Crippen LogP contribution in [0, 0.1) is 15.9 Å². The molecular weight excluding hydrogens is 343 g/mol. The average molecular weight is 353 g/mol. The second kappa shape index (κ2) is 6.45. The molecular formula is C14H10BrFN2O3. The lowest BCUT2D eigenvalue weighted by atomic mass is 10.1. The van der Waals surface area contributed by atoms with E-state index in [2.05, 4.69) is 21.2 Å². The largest absolute Gasteiger partial charge is 0.348 e. The Morgan fingerprint density at radius 3 is 2.67 bits per heavy atom. The van der Waals surface area contributed by atoms with Gasteiger partial charge in [-0.3, -0.25) is 14.9 Å². The standard InChI is InChI=1S/C14H10BrFN2O3/c15-13-11(5-2-6-12(13)18(20)21)14(19)17-8-9-3-1-4-10(16)7-9/h1-7H,8H2,(H,17,19). The number of nitro benzene ring substituents is 1. The third-order valence-electron chi connectivity index (χ3n) is 2.76. The Labute approximate surface area is 128 Å². The second-order valence-electron chi connectivity index (χ2n) is 4.21. The number of halogens is 2. The number of nitrogens with zero attached hydrogens (tertiary/aromatic N) is 1. The van der Waals surface area contributed by atoms with Gasteiger partial charge in [-0.1, -0.05) is 18.2 Å². The van der Waals surface area contributed by atoms with Crippen LogP contribution >= 0.6 is 15.9 Å². The number of nitro groups is 1. The molecule has 0 saturated carbocycles. The minimum atomic E-state index is -0.576. The smallest absolute Gasteiger partial charge is 0.284 e. The highest BCUT2D eigenvalue weighted by molar-refractivity contribution is 9.10. The molecule has 5 nitrogen and oxygen atoms in total. The van der Waals surface area contributed by atoms with Gasteiger partial charge in [0.1, 0.15) is 10.3 Å². The summed E-state index contributed by atoms with van der Waals surface area (Å²) < 4.78 is 13.1. The summed E-state index contributed by atoms with van der Waals surface area (Å²) in [7, 11) is 0. The van der Waals surface area contributed by atoms with Crippen molar-refractivity contribution in [3.63, 3.8) is 0 Å². The van der Waals surface area contributed by atoms with Crippen molar-refractivity contribution in [3.8, 4) is 0 Å². The third kappa shape index (κ3) is 3.63. The van der Waals surface area contributed by atoms with Crippen LogP contribution in [0.5, 0.6) is 0 Å². The minimum absolute atomic E-state index is 0.117. The highest BCUT2D eigenvalue weighted by Gasteiger charge is 2.19. The summed E-state index contributed by atoms with van der Waals surface area (Å²) in [5, 5.41) is 13.4. The summed E-state index contributed by atoms with van der Waals surface area (Å²) in [6.07, 6.45) is 0. The molecule has 7 heteroatoms. The van der Waals surface area contributed by atoms with Gasteiger partial charge >= 0.3 is 0 Å². The van der Waals surface area contributed by atoms with E-state index < -0.39 is 16.6 Å². The molecule has 0 heterocycles. The van der Waals surface area contributed by atoms with Crippen LogP contribution in [0.25, 0.3) is 0 Å². The van der Waals surface area contributed by atoms with Gasteiger partial charge < -0.3 is 5.32 Å². The molecule has 2 aromatic carbocycles. The van der Waals surface area contributed by atoms with Gasteiger partial charge in [0.2, 0.25) is 0 Å². The van der Waals surface area contributed by atoms with Crippen molar-refractivity contribution in [1.82, 2.24) is 5.32 Å². The van der Waals surface area contributed by atoms with E-state index in [0.29, 0.717) is 5.56 Å². The topological polar surface area (TPSA) is 72.2 Å². The Balaban J connectivity index is 2.14. The molecule has 0 spiro atoms. The predicted molar refractivity (Wildman–Crippen MR) is 78.4 cm³/mol. The molecule has 1 amide bonds. The first-order valence-corrected chi connectivity index (χ1v) is 6.74. The van der Waals surface area contributed by atoms with Gasteiger partial charge in [0, 0.05) is 12.6 Å². The van der Waals surface area contributed by atoms with Gasteiger partial charge in [-0.15, -0.1) is 0 Å². The number of amides is 1. The highest BCUT2D eigenvalue weighted by Crippen LogP contribution is 2.28. The van der Waals surface area contributed by atoms with Crippen LogP contribution in [0.2, 0.25) is 0 Å². The predicted octanol–water partition coefficient (Wildman–Crippen LogP) is 3.43. The fraction of sp³-hybridized carbons (Fsp3) is 0.0714. The lowest BCUT2D eigenvalue weighted by Crippen LogP contribution is -2.23. The average Bonchev–Trinajstić information content (AvgIpc) is 2.45. The third-order valence-corrected chi connectivity index (χ3v) is 3.60. The van der Waals surface area contributed by atoms with Crippen LogP contribution in [-0.4, -0.2) is 10.8 Å². The zero-order valence-corrected chi connectivity index (χ0v) is 12.3. The van der Waals surface area contributed by atoms with Crippen molar-refractivity contribution in [2.45, 2.75) is 6.54 Å². The molecule has 21 heavy (non-hydrogen) atoms. The van der Waals surface area contributed by atoms with Crippen molar-refractivity contribution >= 4 is 27.5 Å². The molecule has 0 radical (unpaired) electrons. The number of carbonyl (C=O) groups excluding carboxylic acids is 1. The second-order valence-corrected chi connectivity index (χ2v) is 5.00. The molecule has 0 aromatic heterocycles. The summed E-state index contributed by atoms with van der Waals surface area (Å²) in [5.74, 6) is -0.867. The summed E-state index contributed by atoms with van der Waals surface area (Å²) in [4.78, 5) is 22.3.